The SMILES string of the molecule is CCOc1ccc(C(=O)CCC#N)cc1[N+](=O)[O-]. The van der Waals surface area contributed by atoms with Gasteiger partial charge >= 0.3 is 5.69 Å². The topological polar surface area (TPSA) is 93.2 Å². The minimum Gasteiger partial charge on any atom is -0.487 e. The molecule has 6 heteroatoms. The van der Waals surface area contributed by atoms with Crippen molar-refractivity contribution < 1.29 is 14.5 Å². The Morgan fingerprint density at radius 2 is 2.28 bits per heavy atom. The largest absolute Gasteiger partial charge is 0.487 e. The molecule has 1 aromatic carbocycles. The molecule has 0 unspecified atom stereocenters. The first-order valence-electron chi connectivity index (χ1n) is 5.41. The summed E-state index contributed by atoms with van der Waals surface area (Å²) in [6.45, 7) is 2.03. The molecule has 0 saturated carbocycles. The maximum absolute atomic E-state index is 11.6. The van der Waals surface area contributed by atoms with Gasteiger partial charge in [0.05, 0.1) is 17.6 Å². The van der Waals surface area contributed by atoms with E-state index in [4.69, 9.17) is 10.00 Å². The maximum atomic E-state index is 11.6. The van der Waals surface area contributed by atoms with Gasteiger partial charge in [0.15, 0.2) is 11.5 Å². The number of Topliss-reactive ketones (excluding diaryl/α,β-unsaturated/α-hetero) is 1. The summed E-state index contributed by atoms with van der Waals surface area (Å²) < 4.78 is 5.11. The molecular weight excluding hydrogens is 236 g/mol. The number of nitrogens with zero attached hydrogens (tertiary/aromatic N) is 2. The Bertz CT molecular complexity index is 505. The van der Waals surface area contributed by atoms with Gasteiger partial charge < -0.3 is 4.74 Å². The summed E-state index contributed by atoms with van der Waals surface area (Å²) in [4.78, 5) is 21.9. The zero-order valence-corrected chi connectivity index (χ0v) is 9.88. The van der Waals surface area contributed by atoms with Gasteiger partial charge in [-0.05, 0) is 19.1 Å². The van der Waals surface area contributed by atoms with E-state index in [9.17, 15) is 14.9 Å². The highest BCUT2D eigenvalue weighted by molar-refractivity contribution is 5.97. The Labute approximate surface area is 104 Å². The number of nitro groups is 1. The molecule has 0 aliphatic carbocycles. The highest BCUT2D eigenvalue weighted by atomic mass is 16.6. The number of ether oxygens (including phenoxy) is 1. The Morgan fingerprint density at radius 3 is 2.83 bits per heavy atom. The van der Waals surface area contributed by atoms with Gasteiger partial charge in [-0.1, -0.05) is 0 Å². The zero-order valence-electron chi connectivity index (χ0n) is 9.88. The molecule has 1 aromatic rings. The second kappa shape index (κ2) is 6.35. The number of ketones is 1. The van der Waals surface area contributed by atoms with Crippen molar-refractivity contribution in [3.05, 3.63) is 33.9 Å². The summed E-state index contributed by atoms with van der Waals surface area (Å²) in [6, 6.07) is 5.92. The Morgan fingerprint density at radius 1 is 1.56 bits per heavy atom. The molecule has 6 nitrogen and oxygen atoms in total. The van der Waals surface area contributed by atoms with Crippen LogP contribution in [0.4, 0.5) is 5.69 Å². The fraction of sp³-hybridized carbons (Fsp3) is 0.333. The summed E-state index contributed by atoms with van der Waals surface area (Å²) in [6.07, 6.45) is 0.154. The van der Waals surface area contributed by atoms with Crippen LogP contribution >= 0.6 is 0 Å². The minimum absolute atomic E-state index is 0.0572. The van der Waals surface area contributed by atoms with Crippen LogP contribution in [0.2, 0.25) is 0 Å². The van der Waals surface area contributed by atoms with Crippen LogP contribution in [-0.4, -0.2) is 17.3 Å². The number of nitro benzene ring substituents is 1. The Balaban J connectivity index is 3.03. The van der Waals surface area contributed by atoms with E-state index in [1.165, 1.54) is 18.2 Å². The summed E-state index contributed by atoms with van der Waals surface area (Å²) >= 11 is 0. The third kappa shape index (κ3) is 3.28. The fourth-order valence-corrected chi connectivity index (χ4v) is 1.42. The number of carbonyl (C=O) groups is 1. The Kier molecular flexibility index (Phi) is 4.81. The number of hydrogen-bond donors (Lipinski definition) is 0. The van der Waals surface area contributed by atoms with Gasteiger partial charge in [0.1, 0.15) is 0 Å². The highest BCUT2D eigenvalue weighted by Crippen LogP contribution is 2.28. The van der Waals surface area contributed by atoms with Crippen LogP contribution in [0.5, 0.6) is 5.75 Å². The number of hydrogen-bond acceptors (Lipinski definition) is 5. The molecule has 94 valence electrons. The van der Waals surface area contributed by atoms with Crippen molar-refractivity contribution in [3.8, 4) is 11.8 Å². The van der Waals surface area contributed by atoms with E-state index in [-0.39, 0.29) is 35.6 Å². The quantitative estimate of drug-likeness (QED) is 0.438. The maximum Gasteiger partial charge on any atom is 0.311 e. The van der Waals surface area contributed by atoms with Crippen molar-refractivity contribution in [2.24, 2.45) is 0 Å². The van der Waals surface area contributed by atoms with Crippen LogP contribution in [0.25, 0.3) is 0 Å². The lowest BCUT2D eigenvalue weighted by molar-refractivity contribution is -0.385. The van der Waals surface area contributed by atoms with Gasteiger partial charge in [-0.15, -0.1) is 0 Å². The van der Waals surface area contributed by atoms with Gasteiger partial charge in [0.2, 0.25) is 0 Å². The molecule has 0 bridgehead atoms. The standard InChI is InChI=1S/C12H12N2O4/c1-2-18-12-6-5-9(8-10(12)14(16)17)11(15)4-3-7-13/h5-6,8H,2-4H2,1H3. The Hall–Kier alpha value is -2.42. The minimum atomic E-state index is -0.591. The third-order valence-corrected chi connectivity index (χ3v) is 2.24. The summed E-state index contributed by atoms with van der Waals surface area (Å²) in [7, 11) is 0. The second-order valence-electron chi connectivity index (χ2n) is 3.45. The van der Waals surface area contributed by atoms with Crippen LogP contribution < -0.4 is 4.74 Å². The van der Waals surface area contributed by atoms with Gasteiger partial charge in [-0.3, -0.25) is 14.9 Å². The van der Waals surface area contributed by atoms with Crippen molar-refractivity contribution >= 4 is 11.5 Å². The van der Waals surface area contributed by atoms with Crippen LogP contribution in [0.3, 0.4) is 0 Å². The van der Waals surface area contributed by atoms with E-state index in [0.29, 0.717) is 6.61 Å². The van der Waals surface area contributed by atoms with E-state index >= 15 is 0 Å². The molecule has 0 spiro atoms. The first-order valence-corrected chi connectivity index (χ1v) is 5.41. The van der Waals surface area contributed by atoms with Crippen molar-refractivity contribution in [2.75, 3.05) is 6.61 Å². The first kappa shape index (κ1) is 13.6. The average molecular weight is 248 g/mol. The lowest BCUT2D eigenvalue weighted by Gasteiger charge is -2.05. The summed E-state index contributed by atoms with van der Waals surface area (Å²) in [5.74, 6) is -0.151. The molecule has 0 aromatic heterocycles. The molecule has 0 N–H and O–H groups in total. The molecule has 18 heavy (non-hydrogen) atoms. The number of nitriles is 1. The molecule has 0 heterocycles. The van der Waals surface area contributed by atoms with Crippen LogP contribution in [-0.2, 0) is 0 Å². The molecule has 0 aliphatic rings. The van der Waals surface area contributed by atoms with Gasteiger partial charge in [-0.2, -0.15) is 5.26 Å². The zero-order chi connectivity index (χ0) is 13.5. The normalized spacial score (nSPS) is 9.56. The molecule has 0 saturated heterocycles. The predicted octanol–water partition coefficient (Wildman–Crippen LogP) is 2.48. The van der Waals surface area contributed by atoms with E-state index in [2.05, 4.69) is 0 Å². The second-order valence-corrected chi connectivity index (χ2v) is 3.45. The molecule has 0 amide bonds. The highest BCUT2D eigenvalue weighted by Gasteiger charge is 2.18. The van der Waals surface area contributed by atoms with Crippen molar-refractivity contribution in [2.45, 2.75) is 19.8 Å². The molecule has 0 atom stereocenters. The van der Waals surface area contributed by atoms with E-state index in [1.807, 2.05) is 6.07 Å². The number of carbonyl (C=O) groups excluding carboxylic acids is 1. The van der Waals surface area contributed by atoms with Crippen molar-refractivity contribution in [1.29, 1.82) is 5.26 Å². The number of benzene rings is 1. The molecule has 1 rings (SSSR count). The van der Waals surface area contributed by atoms with E-state index in [0.717, 1.165) is 0 Å². The molecular formula is C12H12N2O4. The first-order chi connectivity index (χ1) is 8.60. The van der Waals surface area contributed by atoms with Crippen molar-refractivity contribution in [3.63, 3.8) is 0 Å². The van der Waals surface area contributed by atoms with Gasteiger partial charge in [0.25, 0.3) is 0 Å². The lowest BCUT2D eigenvalue weighted by atomic mass is 10.1. The summed E-state index contributed by atoms with van der Waals surface area (Å²) in [5.41, 5.74) is -0.0138. The average Bonchev–Trinajstić information content (AvgIpc) is 2.36. The molecule has 0 fully saturated rings. The fourth-order valence-electron chi connectivity index (χ4n) is 1.42. The van der Waals surface area contributed by atoms with Crippen LogP contribution in [0.15, 0.2) is 18.2 Å². The van der Waals surface area contributed by atoms with Gasteiger partial charge in [-0.25, -0.2) is 0 Å². The smallest absolute Gasteiger partial charge is 0.311 e. The predicted molar refractivity (Wildman–Crippen MR) is 63.4 cm³/mol. The van der Waals surface area contributed by atoms with Gasteiger partial charge in [0, 0.05) is 24.5 Å². The molecule has 0 radical (unpaired) electrons. The third-order valence-electron chi connectivity index (χ3n) is 2.24. The summed E-state index contributed by atoms with van der Waals surface area (Å²) in [5, 5.41) is 19.2. The monoisotopic (exact) mass is 248 g/mol. The van der Waals surface area contributed by atoms with Crippen LogP contribution in [0, 0.1) is 21.4 Å². The van der Waals surface area contributed by atoms with E-state index < -0.39 is 4.92 Å². The van der Waals surface area contributed by atoms with Crippen molar-refractivity contribution in [1.82, 2.24) is 0 Å². The number of rotatable bonds is 6. The molecule has 0 aliphatic heterocycles. The van der Waals surface area contributed by atoms with E-state index in [1.54, 1.807) is 6.92 Å². The lowest BCUT2D eigenvalue weighted by Crippen LogP contribution is -2.02. The van der Waals surface area contributed by atoms with Crippen LogP contribution in [0.1, 0.15) is 30.1 Å².